The molecule has 4 nitrogen and oxygen atoms in total. The third kappa shape index (κ3) is 3.33. The van der Waals surface area contributed by atoms with Gasteiger partial charge >= 0.3 is 0 Å². The molecule has 1 saturated heterocycles. The first kappa shape index (κ1) is 17.0. The number of Topliss-reactive ketones (excluding diaryl/α,β-unsaturated/α-hetero) is 1. The molecule has 2 rings (SSSR count). The molecule has 2 N–H and O–H groups in total. The molecule has 2 unspecified atom stereocenters. The molecule has 0 spiro atoms. The molecule has 0 saturated carbocycles. The van der Waals surface area contributed by atoms with Crippen molar-refractivity contribution in [1.29, 1.82) is 0 Å². The van der Waals surface area contributed by atoms with Crippen molar-refractivity contribution in [1.82, 2.24) is 4.90 Å². The molecule has 0 bridgehead atoms. The van der Waals surface area contributed by atoms with Crippen molar-refractivity contribution in [2.75, 3.05) is 26.2 Å². The molecule has 0 radical (unpaired) electrons. The molecule has 122 valence electrons. The lowest BCUT2D eigenvalue weighted by Gasteiger charge is -2.29. The number of aromatic hydroxyl groups is 1. The molecule has 0 aromatic heterocycles. The van der Waals surface area contributed by atoms with Crippen molar-refractivity contribution < 1.29 is 15.0 Å². The Labute approximate surface area is 132 Å². The first-order chi connectivity index (χ1) is 10.4. The van der Waals surface area contributed by atoms with Crippen molar-refractivity contribution in [3.8, 4) is 5.75 Å². The summed E-state index contributed by atoms with van der Waals surface area (Å²) in [5.41, 5.74) is 1.68. The predicted molar refractivity (Wildman–Crippen MR) is 87.3 cm³/mol. The van der Waals surface area contributed by atoms with Gasteiger partial charge in [-0.1, -0.05) is 26.0 Å². The van der Waals surface area contributed by atoms with E-state index in [4.69, 9.17) is 0 Å². The van der Waals surface area contributed by atoms with E-state index in [-0.39, 0.29) is 23.7 Å². The number of hydrogen-bond acceptors (Lipinski definition) is 4. The normalized spacial score (nSPS) is 23.6. The van der Waals surface area contributed by atoms with Crippen molar-refractivity contribution in [2.24, 2.45) is 0 Å². The second-order valence-corrected chi connectivity index (χ2v) is 6.68. The smallest absolute Gasteiger partial charge is 0.143 e. The molecule has 1 aliphatic rings. The second kappa shape index (κ2) is 6.80. The standard InChI is InChI=1S/C18H27NO3/c1-4-13(2)16-9-15(5-6-17(16)22)18(12-20)7-8-19(11-18)10-14(3)21/h5-6,9,13,20,22H,4,7-8,10-12H2,1-3H3. The Balaban J connectivity index is 2.30. The van der Waals surface area contributed by atoms with Crippen LogP contribution in [-0.4, -0.2) is 47.1 Å². The van der Waals surface area contributed by atoms with Crippen LogP contribution in [0.3, 0.4) is 0 Å². The molecule has 2 atom stereocenters. The lowest BCUT2D eigenvalue weighted by molar-refractivity contribution is -0.117. The van der Waals surface area contributed by atoms with Gasteiger partial charge in [0.05, 0.1) is 13.2 Å². The van der Waals surface area contributed by atoms with Gasteiger partial charge < -0.3 is 10.2 Å². The number of aliphatic hydroxyl groups is 1. The number of hydrogen-bond donors (Lipinski definition) is 2. The fourth-order valence-electron chi connectivity index (χ4n) is 3.36. The van der Waals surface area contributed by atoms with Gasteiger partial charge in [-0.05, 0) is 49.4 Å². The van der Waals surface area contributed by atoms with Crippen LogP contribution >= 0.6 is 0 Å². The number of nitrogens with zero attached hydrogens (tertiary/aromatic N) is 1. The summed E-state index contributed by atoms with van der Waals surface area (Å²) < 4.78 is 0. The quantitative estimate of drug-likeness (QED) is 0.847. The maximum absolute atomic E-state index is 11.3. The lowest BCUT2D eigenvalue weighted by Crippen LogP contribution is -2.36. The van der Waals surface area contributed by atoms with Crippen molar-refractivity contribution in [3.63, 3.8) is 0 Å². The van der Waals surface area contributed by atoms with Gasteiger partial charge in [0.25, 0.3) is 0 Å². The number of aliphatic hydroxyl groups excluding tert-OH is 1. The molecule has 4 heteroatoms. The van der Waals surface area contributed by atoms with E-state index in [2.05, 4.69) is 18.7 Å². The molecule has 0 aliphatic carbocycles. The zero-order chi connectivity index (χ0) is 16.3. The van der Waals surface area contributed by atoms with Gasteiger partial charge in [-0.25, -0.2) is 0 Å². The number of ketones is 1. The van der Waals surface area contributed by atoms with E-state index >= 15 is 0 Å². The van der Waals surface area contributed by atoms with Gasteiger partial charge in [0.1, 0.15) is 11.5 Å². The minimum Gasteiger partial charge on any atom is -0.508 e. The third-order valence-electron chi connectivity index (χ3n) is 4.96. The van der Waals surface area contributed by atoms with Gasteiger partial charge in [0, 0.05) is 12.0 Å². The Morgan fingerprint density at radius 3 is 2.77 bits per heavy atom. The van der Waals surface area contributed by atoms with E-state index in [1.807, 2.05) is 12.1 Å². The molecule has 22 heavy (non-hydrogen) atoms. The minimum absolute atomic E-state index is 0.0616. The van der Waals surface area contributed by atoms with E-state index in [1.165, 1.54) is 0 Å². The molecular weight excluding hydrogens is 278 g/mol. The van der Waals surface area contributed by atoms with Crippen LogP contribution in [0, 0.1) is 0 Å². The van der Waals surface area contributed by atoms with Crippen LogP contribution in [0.5, 0.6) is 5.75 Å². The van der Waals surface area contributed by atoms with Gasteiger partial charge in [-0.15, -0.1) is 0 Å². The maximum Gasteiger partial charge on any atom is 0.143 e. The number of phenols is 1. The van der Waals surface area contributed by atoms with Crippen LogP contribution in [-0.2, 0) is 10.2 Å². The highest BCUT2D eigenvalue weighted by Gasteiger charge is 2.39. The fraction of sp³-hybridized carbons (Fsp3) is 0.611. The van der Waals surface area contributed by atoms with E-state index in [9.17, 15) is 15.0 Å². The van der Waals surface area contributed by atoms with Crippen LogP contribution in [0.4, 0.5) is 0 Å². The summed E-state index contributed by atoms with van der Waals surface area (Å²) in [4.78, 5) is 13.4. The average molecular weight is 305 g/mol. The SMILES string of the molecule is CCC(C)c1cc(C2(CO)CCN(CC(C)=O)C2)ccc1O. The molecule has 1 fully saturated rings. The monoisotopic (exact) mass is 305 g/mol. The third-order valence-corrected chi connectivity index (χ3v) is 4.96. The van der Waals surface area contributed by atoms with E-state index in [1.54, 1.807) is 13.0 Å². The van der Waals surface area contributed by atoms with Crippen LogP contribution in [0.1, 0.15) is 50.7 Å². The van der Waals surface area contributed by atoms with E-state index in [0.717, 1.165) is 30.5 Å². The molecular formula is C18H27NO3. The number of benzene rings is 1. The molecule has 1 heterocycles. The topological polar surface area (TPSA) is 60.8 Å². The van der Waals surface area contributed by atoms with Crippen LogP contribution < -0.4 is 0 Å². The Hall–Kier alpha value is -1.39. The van der Waals surface area contributed by atoms with E-state index in [0.29, 0.717) is 18.8 Å². The van der Waals surface area contributed by atoms with Gasteiger partial charge in [-0.2, -0.15) is 0 Å². The highest BCUT2D eigenvalue weighted by Crippen LogP contribution is 2.38. The zero-order valence-electron chi connectivity index (χ0n) is 13.8. The van der Waals surface area contributed by atoms with Crippen LogP contribution in [0.2, 0.25) is 0 Å². The predicted octanol–water partition coefficient (Wildman–Crippen LogP) is 2.43. The van der Waals surface area contributed by atoms with Gasteiger partial charge in [0.15, 0.2) is 0 Å². The largest absolute Gasteiger partial charge is 0.508 e. The second-order valence-electron chi connectivity index (χ2n) is 6.68. The summed E-state index contributed by atoms with van der Waals surface area (Å²) in [6.07, 6.45) is 1.79. The molecule has 1 aliphatic heterocycles. The first-order valence-electron chi connectivity index (χ1n) is 8.08. The summed E-state index contributed by atoms with van der Waals surface area (Å²) in [5, 5.41) is 20.1. The first-order valence-corrected chi connectivity index (χ1v) is 8.08. The molecule has 0 amide bonds. The average Bonchev–Trinajstić information content (AvgIpc) is 2.90. The van der Waals surface area contributed by atoms with Gasteiger partial charge in [-0.3, -0.25) is 9.69 Å². The number of likely N-dealkylation sites (tertiary alicyclic amines) is 1. The highest BCUT2D eigenvalue weighted by atomic mass is 16.3. The number of carbonyl (C=O) groups is 1. The maximum atomic E-state index is 11.3. The number of carbonyl (C=O) groups excluding carboxylic acids is 1. The fourth-order valence-corrected chi connectivity index (χ4v) is 3.36. The summed E-state index contributed by atoms with van der Waals surface area (Å²) in [5.74, 6) is 0.759. The molecule has 1 aromatic rings. The highest BCUT2D eigenvalue weighted by molar-refractivity contribution is 5.77. The Morgan fingerprint density at radius 1 is 1.45 bits per heavy atom. The van der Waals surface area contributed by atoms with E-state index < -0.39 is 0 Å². The lowest BCUT2D eigenvalue weighted by atomic mass is 9.78. The summed E-state index contributed by atoms with van der Waals surface area (Å²) >= 11 is 0. The van der Waals surface area contributed by atoms with Crippen molar-refractivity contribution >= 4 is 5.78 Å². The van der Waals surface area contributed by atoms with Crippen LogP contribution in [0.25, 0.3) is 0 Å². The van der Waals surface area contributed by atoms with Gasteiger partial charge in [0.2, 0.25) is 0 Å². The Morgan fingerprint density at radius 2 is 2.18 bits per heavy atom. The number of phenolic OH excluding ortho intramolecular Hbond substituents is 1. The Bertz CT molecular complexity index is 543. The van der Waals surface area contributed by atoms with Crippen LogP contribution in [0.15, 0.2) is 18.2 Å². The molecule has 1 aromatic carbocycles. The van der Waals surface area contributed by atoms with Crippen molar-refractivity contribution in [3.05, 3.63) is 29.3 Å². The summed E-state index contributed by atoms with van der Waals surface area (Å²) in [6, 6.07) is 5.69. The summed E-state index contributed by atoms with van der Waals surface area (Å²) in [7, 11) is 0. The van der Waals surface area contributed by atoms with Crippen molar-refractivity contribution in [2.45, 2.75) is 44.9 Å². The minimum atomic E-state index is -0.328. The Kier molecular flexibility index (Phi) is 5.24. The number of rotatable bonds is 6. The zero-order valence-corrected chi connectivity index (χ0v) is 13.8. The summed E-state index contributed by atoms with van der Waals surface area (Å²) in [6.45, 7) is 7.81.